The van der Waals surface area contributed by atoms with E-state index in [1.165, 1.54) is 53.6 Å². The van der Waals surface area contributed by atoms with Crippen LogP contribution in [0.15, 0.2) is 224 Å². The van der Waals surface area contributed by atoms with Crippen molar-refractivity contribution < 1.29 is 6.85 Å². The second-order valence-electron chi connectivity index (χ2n) is 14.5. The third-order valence-electron chi connectivity index (χ3n) is 11.5. The van der Waals surface area contributed by atoms with Crippen LogP contribution >= 0.6 is 11.3 Å². The Bertz CT molecular complexity index is 3320. The predicted molar refractivity (Wildman–Crippen MR) is 242 cm³/mol. The standard InChI is InChI=1S/C55H37NS/c1-4-14-38(15-5-1)40-24-29-44(30-25-40)56(45-31-26-41(27-32-45)39-16-6-2-7-17-39)46-33-35-48-47-20-10-12-22-51(47)55(52(48)37-46,42-18-8-3-9-19-42)43-28-34-50-49-21-11-13-23-53(49)57-54(50)36-43/h1-37H/i1D,4D,5D,14D,15D. The van der Waals surface area contributed by atoms with Crippen LogP contribution in [0.2, 0.25) is 0 Å². The quantitative estimate of drug-likeness (QED) is 0.157. The first kappa shape index (κ1) is 28.4. The summed E-state index contributed by atoms with van der Waals surface area (Å²) < 4.78 is 44.6. The number of nitrogens with zero attached hydrogens (tertiary/aromatic N) is 1. The normalized spacial score (nSPS) is 15.6. The maximum atomic E-state index is 8.67. The maximum absolute atomic E-state index is 8.67. The van der Waals surface area contributed by atoms with Gasteiger partial charge in [-0.15, -0.1) is 11.3 Å². The molecule has 0 aliphatic heterocycles. The molecule has 0 saturated carbocycles. The molecule has 0 bridgehead atoms. The summed E-state index contributed by atoms with van der Waals surface area (Å²) in [6.07, 6.45) is 0. The number of benzene rings is 9. The highest BCUT2D eigenvalue weighted by Gasteiger charge is 2.46. The minimum absolute atomic E-state index is 0.180. The Labute approximate surface area is 344 Å². The molecule has 2 heteroatoms. The third kappa shape index (κ3) is 5.44. The number of hydrogen-bond donors (Lipinski definition) is 0. The van der Waals surface area contributed by atoms with Gasteiger partial charge < -0.3 is 4.90 Å². The van der Waals surface area contributed by atoms with Crippen molar-refractivity contribution in [1.82, 2.24) is 0 Å². The first-order valence-corrected chi connectivity index (χ1v) is 20.0. The fourth-order valence-corrected chi connectivity index (χ4v) is 10.0. The Morgan fingerprint density at radius 1 is 0.386 bits per heavy atom. The molecule has 1 nitrogen and oxygen atoms in total. The van der Waals surface area contributed by atoms with Crippen LogP contribution in [0.4, 0.5) is 17.1 Å². The Kier molecular flexibility index (Phi) is 6.80. The fraction of sp³-hybridized carbons (Fsp3) is 0.0182. The first-order valence-electron chi connectivity index (χ1n) is 21.7. The Hall–Kier alpha value is -7.00. The van der Waals surface area contributed by atoms with Gasteiger partial charge >= 0.3 is 0 Å². The highest BCUT2D eigenvalue weighted by Crippen LogP contribution is 2.58. The predicted octanol–water partition coefficient (Wildman–Crippen LogP) is 15.2. The van der Waals surface area contributed by atoms with E-state index in [2.05, 4.69) is 157 Å². The van der Waals surface area contributed by atoms with E-state index in [1.807, 2.05) is 53.8 Å². The SMILES string of the molecule is [2H]c1c([2H])c([2H])c(-c2ccc(N(c3ccc(-c4ccccc4)cc3)c3ccc4c(c3)C(c3ccccc3)(c3ccc5c(c3)sc3ccccc35)c3ccccc3-4)cc2)c([2H])c1[2H]. The van der Waals surface area contributed by atoms with Crippen LogP contribution in [0.3, 0.4) is 0 Å². The van der Waals surface area contributed by atoms with Crippen molar-refractivity contribution in [2.24, 2.45) is 0 Å². The molecule has 0 fully saturated rings. The summed E-state index contributed by atoms with van der Waals surface area (Å²) in [7, 11) is 0. The van der Waals surface area contributed by atoms with Crippen molar-refractivity contribution in [3.8, 4) is 33.4 Å². The van der Waals surface area contributed by atoms with E-state index in [4.69, 9.17) is 6.85 Å². The molecular weight excluding hydrogens is 707 g/mol. The second-order valence-corrected chi connectivity index (χ2v) is 15.6. The minimum atomic E-state index is -0.638. The largest absolute Gasteiger partial charge is 0.310 e. The number of thiophene rings is 1. The van der Waals surface area contributed by atoms with Gasteiger partial charge in [-0.05, 0) is 104 Å². The molecule has 0 spiro atoms. The van der Waals surface area contributed by atoms with Crippen molar-refractivity contribution in [2.45, 2.75) is 5.41 Å². The molecular formula is C55H37NS. The molecule has 1 atom stereocenters. The van der Waals surface area contributed by atoms with E-state index in [0.717, 1.165) is 28.2 Å². The smallest absolute Gasteiger partial charge is 0.0714 e. The van der Waals surface area contributed by atoms with E-state index in [0.29, 0.717) is 5.56 Å². The zero-order valence-corrected chi connectivity index (χ0v) is 31.6. The molecule has 268 valence electrons. The van der Waals surface area contributed by atoms with E-state index in [-0.39, 0.29) is 29.7 Å². The van der Waals surface area contributed by atoms with Crippen LogP contribution in [-0.2, 0) is 5.41 Å². The fourth-order valence-electron chi connectivity index (χ4n) is 8.89. The molecule has 0 N–H and O–H groups in total. The summed E-state index contributed by atoms with van der Waals surface area (Å²) in [4.78, 5) is 2.24. The average Bonchev–Trinajstić information content (AvgIpc) is 3.85. The number of anilines is 3. The van der Waals surface area contributed by atoms with Crippen LogP contribution in [0.1, 0.15) is 29.1 Å². The van der Waals surface area contributed by atoms with Gasteiger partial charge in [-0.2, -0.15) is 0 Å². The van der Waals surface area contributed by atoms with Crippen LogP contribution in [0, 0.1) is 0 Å². The van der Waals surface area contributed by atoms with Crippen molar-refractivity contribution in [3.05, 3.63) is 247 Å². The molecule has 11 rings (SSSR count). The summed E-state index contributed by atoms with van der Waals surface area (Å²) in [5.74, 6) is 0. The zero-order valence-electron chi connectivity index (χ0n) is 35.8. The number of rotatable bonds is 7. The molecule has 1 aromatic heterocycles. The van der Waals surface area contributed by atoms with Crippen LogP contribution in [0.5, 0.6) is 0 Å². The van der Waals surface area contributed by atoms with Crippen LogP contribution in [0.25, 0.3) is 53.6 Å². The van der Waals surface area contributed by atoms with E-state index in [1.54, 1.807) is 0 Å². The first-order chi connectivity index (χ1) is 30.3. The molecule has 1 aliphatic rings. The molecule has 0 radical (unpaired) electrons. The van der Waals surface area contributed by atoms with Gasteiger partial charge in [0.15, 0.2) is 0 Å². The summed E-state index contributed by atoms with van der Waals surface area (Å²) in [6.45, 7) is 0. The molecule has 10 aromatic rings. The maximum Gasteiger partial charge on any atom is 0.0714 e. The van der Waals surface area contributed by atoms with Crippen molar-refractivity contribution in [1.29, 1.82) is 0 Å². The monoisotopic (exact) mass is 748 g/mol. The molecule has 1 unspecified atom stereocenters. The molecule has 0 saturated heterocycles. The van der Waals surface area contributed by atoms with Gasteiger partial charge in [0, 0.05) is 37.2 Å². The number of fused-ring (bicyclic) bond motifs is 6. The van der Waals surface area contributed by atoms with Gasteiger partial charge in [-0.3, -0.25) is 0 Å². The lowest BCUT2D eigenvalue weighted by Gasteiger charge is -2.35. The van der Waals surface area contributed by atoms with Crippen molar-refractivity contribution >= 4 is 48.6 Å². The molecule has 9 aromatic carbocycles. The second kappa shape index (κ2) is 13.6. The topological polar surface area (TPSA) is 3.24 Å². The molecule has 0 amide bonds. The molecule has 1 heterocycles. The van der Waals surface area contributed by atoms with Gasteiger partial charge in [-0.25, -0.2) is 0 Å². The lowest BCUT2D eigenvalue weighted by molar-refractivity contribution is 0.770. The molecule has 1 aliphatic carbocycles. The summed E-state index contributed by atoms with van der Waals surface area (Å²) in [5.41, 5.74) is 12.3. The van der Waals surface area contributed by atoms with Crippen LogP contribution in [-0.4, -0.2) is 0 Å². The minimum Gasteiger partial charge on any atom is -0.310 e. The third-order valence-corrected chi connectivity index (χ3v) is 12.6. The number of hydrogen-bond acceptors (Lipinski definition) is 2. The van der Waals surface area contributed by atoms with E-state index >= 15 is 0 Å². The Morgan fingerprint density at radius 3 is 1.72 bits per heavy atom. The Morgan fingerprint density at radius 2 is 0.965 bits per heavy atom. The Balaban J connectivity index is 1.13. The molecule has 57 heavy (non-hydrogen) atoms. The average molecular weight is 749 g/mol. The summed E-state index contributed by atoms with van der Waals surface area (Å²) >= 11 is 1.83. The van der Waals surface area contributed by atoms with Gasteiger partial charge in [0.05, 0.1) is 12.3 Å². The highest BCUT2D eigenvalue weighted by molar-refractivity contribution is 7.25. The van der Waals surface area contributed by atoms with Crippen molar-refractivity contribution in [2.75, 3.05) is 4.90 Å². The van der Waals surface area contributed by atoms with Crippen LogP contribution < -0.4 is 4.90 Å². The van der Waals surface area contributed by atoms with E-state index < -0.39 is 11.5 Å². The highest BCUT2D eigenvalue weighted by atomic mass is 32.1. The lowest BCUT2D eigenvalue weighted by Crippen LogP contribution is -2.28. The van der Waals surface area contributed by atoms with E-state index in [9.17, 15) is 0 Å². The summed E-state index contributed by atoms with van der Waals surface area (Å²) in [6, 6.07) is 67.2. The summed E-state index contributed by atoms with van der Waals surface area (Å²) in [5, 5.41) is 2.53. The van der Waals surface area contributed by atoms with Gasteiger partial charge in [0.25, 0.3) is 0 Å². The zero-order chi connectivity index (χ0) is 42.1. The lowest BCUT2D eigenvalue weighted by atomic mass is 9.67. The van der Waals surface area contributed by atoms with Gasteiger partial charge in [0.2, 0.25) is 0 Å². The van der Waals surface area contributed by atoms with Gasteiger partial charge in [-0.1, -0.05) is 176 Å². The van der Waals surface area contributed by atoms with Crippen molar-refractivity contribution in [3.63, 3.8) is 0 Å². The van der Waals surface area contributed by atoms with Gasteiger partial charge in [0.1, 0.15) is 0 Å².